The highest BCUT2D eigenvalue weighted by molar-refractivity contribution is 5.97. The summed E-state index contributed by atoms with van der Waals surface area (Å²) in [5.41, 5.74) is -0.0200. The molecule has 0 bridgehead atoms. The number of rotatable bonds is 6. The van der Waals surface area contributed by atoms with Crippen molar-refractivity contribution in [1.82, 2.24) is 25.4 Å². The molecule has 1 aliphatic heterocycles. The Labute approximate surface area is 122 Å². The van der Waals surface area contributed by atoms with E-state index < -0.39 is 5.91 Å². The maximum atomic E-state index is 11.8. The highest BCUT2D eigenvalue weighted by atomic mass is 16.5. The summed E-state index contributed by atoms with van der Waals surface area (Å²) in [6, 6.07) is 1.84. The van der Waals surface area contributed by atoms with E-state index in [2.05, 4.69) is 30.7 Å². The van der Waals surface area contributed by atoms with Gasteiger partial charge in [-0.05, 0) is 0 Å². The standard InChI is InChI=1S/C12H17N7O2/c13-7-10(8-15-12-16-9-17-18-12)11(20)14-1-2-19-3-5-21-6-4-19/h8-9H,1-6H2,(H,14,20)(H2,15,16,17,18)/b10-8-. The van der Waals surface area contributed by atoms with Crippen LogP contribution in [0.2, 0.25) is 0 Å². The van der Waals surface area contributed by atoms with Crippen LogP contribution in [0.1, 0.15) is 0 Å². The highest BCUT2D eigenvalue weighted by Crippen LogP contribution is 1.98. The zero-order chi connectivity index (χ0) is 14.9. The van der Waals surface area contributed by atoms with Crippen molar-refractivity contribution in [2.45, 2.75) is 0 Å². The number of hydrogen-bond acceptors (Lipinski definition) is 7. The van der Waals surface area contributed by atoms with Crippen molar-refractivity contribution < 1.29 is 9.53 Å². The van der Waals surface area contributed by atoms with Gasteiger partial charge in [0, 0.05) is 32.4 Å². The van der Waals surface area contributed by atoms with Crippen LogP contribution in [-0.2, 0) is 9.53 Å². The van der Waals surface area contributed by atoms with Crippen LogP contribution in [0.3, 0.4) is 0 Å². The normalized spacial score (nSPS) is 16.2. The summed E-state index contributed by atoms with van der Waals surface area (Å²) in [6.45, 7) is 4.40. The third-order valence-electron chi connectivity index (χ3n) is 2.95. The number of carbonyl (C=O) groups is 1. The molecule has 0 atom stereocenters. The van der Waals surface area contributed by atoms with Crippen molar-refractivity contribution in [3.05, 3.63) is 18.1 Å². The van der Waals surface area contributed by atoms with E-state index in [1.165, 1.54) is 12.5 Å². The number of morpholine rings is 1. The SMILES string of the molecule is N#C/C(=C/Nc1ncn[nH]1)C(=O)NCCN1CCOCC1. The number of aromatic nitrogens is 3. The molecule has 1 fully saturated rings. The van der Waals surface area contributed by atoms with E-state index in [9.17, 15) is 4.79 Å². The minimum absolute atomic E-state index is 0.0200. The van der Waals surface area contributed by atoms with Crippen LogP contribution in [-0.4, -0.2) is 65.4 Å². The molecule has 0 spiro atoms. The lowest BCUT2D eigenvalue weighted by atomic mass is 10.3. The molecule has 2 heterocycles. The van der Waals surface area contributed by atoms with Gasteiger partial charge in [-0.1, -0.05) is 0 Å². The number of hydrogen-bond donors (Lipinski definition) is 3. The van der Waals surface area contributed by atoms with Crippen molar-refractivity contribution in [2.24, 2.45) is 0 Å². The fourth-order valence-corrected chi connectivity index (χ4v) is 1.81. The average Bonchev–Trinajstić information content (AvgIpc) is 3.02. The van der Waals surface area contributed by atoms with Gasteiger partial charge in [0.1, 0.15) is 18.0 Å². The highest BCUT2D eigenvalue weighted by Gasteiger charge is 2.12. The van der Waals surface area contributed by atoms with Gasteiger partial charge in [-0.3, -0.25) is 9.69 Å². The van der Waals surface area contributed by atoms with Gasteiger partial charge < -0.3 is 15.4 Å². The molecule has 1 aromatic heterocycles. The quantitative estimate of drug-likeness (QED) is 0.457. The number of H-pyrrole nitrogens is 1. The van der Waals surface area contributed by atoms with Crippen molar-refractivity contribution in [3.8, 4) is 6.07 Å². The van der Waals surface area contributed by atoms with Gasteiger partial charge in [0.15, 0.2) is 0 Å². The largest absolute Gasteiger partial charge is 0.379 e. The molecule has 0 aromatic carbocycles. The second kappa shape index (κ2) is 7.98. The third kappa shape index (κ3) is 4.87. The van der Waals surface area contributed by atoms with Crippen molar-refractivity contribution in [2.75, 3.05) is 44.7 Å². The van der Waals surface area contributed by atoms with Crippen molar-refractivity contribution >= 4 is 11.9 Å². The fraction of sp³-hybridized carbons (Fsp3) is 0.500. The summed E-state index contributed by atoms with van der Waals surface area (Å²) in [6.07, 6.45) is 2.62. The molecule has 0 aliphatic carbocycles. The van der Waals surface area contributed by atoms with Crippen molar-refractivity contribution in [3.63, 3.8) is 0 Å². The lowest BCUT2D eigenvalue weighted by molar-refractivity contribution is -0.117. The summed E-state index contributed by atoms with van der Waals surface area (Å²) >= 11 is 0. The van der Waals surface area contributed by atoms with Crippen LogP contribution < -0.4 is 10.6 Å². The Morgan fingerprint density at radius 2 is 2.38 bits per heavy atom. The Kier molecular flexibility index (Phi) is 5.69. The number of ether oxygens (including phenoxy) is 1. The van der Waals surface area contributed by atoms with Gasteiger partial charge in [0.25, 0.3) is 5.91 Å². The van der Waals surface area contributed by atoms with Crippen LogP contribution in [0, 0.1) is 11.3 Å². The molecule has 0 radical (unpaired) electrons. The maximum absolute atomic E-state index is 11.8. The number of nitrogens with one attached hydrogen (secondary N) is 3. The minimum atomic E-state index is -0.419. The third-order valence-corrected chi connectivity index (χ3v) is 2.95. The molecule has 1 aromatic rings. The number of nitriles is 1. The zero-order valence-electron chi connectivity index (χ0n) is 11.5. The van der Waals surface area contributed by atoms with E-state index >= 15 is 0 Å². The molecule has 0 saturated carbocycles. The monoisotopic (exact) mass is 291 g/mol. The smallest absolute Gasteiger partial charge is 0.263 e. The molecule has 1 aliphatic rings. The van der Waals surface area contributed by atoms with Gasteiger partial charge in [-0.2, -0.15) is 15.3 Å². The second-order valence-electron chi connectivity index (χ2n) is 4.36. The molecule has 9 nitrogen and oxygen atoms in total. The predicted octanol–water partition coefficient (Wildman–Crippen LogP) is -0.928. The first kappa shape index (κ1) is 15.0. The van der Waals surface area contributed by atoms with Crippen molar-refractivity contribution in [1.29, 1.82) is 5.26 Å². The van der Waals surface area contributed by atoms with Gasteiger partial charge in [0.05, 0.1) is 13.2 Å². The summed E-state index contributed by atoms with van der Waals surface area (Å²) < 4.78 is 5.25. The first-order chi connectivity index (χ1) is 10.3. The molecule has 112 valence electrons. The van der Waals surface area contributed by atoms with E-state index in [0.717, 1.165) is 32.8 Å². The lowest BCUT2D eigenvalue weighted by Crippen LogP contribution is -2.41. The van der Waals surface area contributed by atoms with Crippen LogP contribution in [0.25, 0.3) is 0 Å². The van der Waals surface area contributed by atoms with Crippen LogP contribution in [0.5, 0.6) is 0 Å². The number of nitrogens with zero attached hydrogens (tertiary/aromatic N) is 4. The Bertz CT molecular complexity index is 514. The first-order valence-electron chi connectivity index (χ1n) is 6.60. The Morgan fingerprint density at radius 1 is 1.57 bits per heavy atom. The lowest BCUT2D eigenvalue weighted by Gasteiger charge is -2.26. The number of aromatic amines is 1. The molecule has 3 N–H and O–H groups in total. The molecular weight excluding hydrogens is 274 g/mol. The predicted molar refractivity (Wildman–Crippen MR) is 74.0 cm³/mol. The number of amides is 1. The summed E-state index contributed by atoms with van der Waals surface area (Å²) in [4.78, 5) is 17.9. The van der Waals surface area contributed by atoms with Gasteiger partial charge >= 0.3 is 0 Å². The minimum Gasteiger partial charge on any atom is -0.379 e. The topological polar surface area (TPSA) is 119 Å². The van der Waals surface area contributed by atoms with Gasteiger partial charge in [-0.25, -0.2) is 5.10 Å². The molecule has 2 rings (SSSR count). The van der Waals surface area contributed by atoms with E-state index in [-0.39, 0.29) is 5.57 Å². The average molecular weight is 291 g/mol. The van der Waals surface area contributed by atoms with E-state index in [1.54, 1.807) is 0 Å². The van der Waals surface area contributed by atoms with E-state index in [0.29, 0.717) is 12.5 Å². The Hall–Kier alpha value is -2.44. The van der Waals surface area contributed by atoms with E-state index in [4.69, 9.17) is 10.00 Å². The fourth-order valence-electron chi connectivity index (χ4n) is 1.81. The van der Waals surface area contributed by atoms with Crippen LogP contribution >= 0.6 is 0 Å². The molecule has 21 heavy (non-hydrogen) atoms. The summed E-state index contributed by atoms with van der Waals surface area (Å²) in [5, 5.41) is 20.6. The zero-order valence-corrected chi connectivity index (χ0v) is 11.5. The maximum Gasteiger partial charge on any atom is 0.263 e. The van der Waals surface area contributed by atoms with Crippen LogP contribution in [0.15, 0.2) is 18.1 Å². The summed E-state index contributed by atoms with van der Waals surface area (Å²) in [5.74, 6) is -0.0540. The number of carbonyl (C=O) groups excluding carboxylic acids is 1. The molecule has 0 unspecified atom stereocenters. The molecule has 1 saturated heterocycles. The second-order valence-corrected chi connectivity index (χ2v) is 4.36. The Balaban J connectivity index is 1.74. The molecule has 9 heteroatoms. The van der Waals surface area contributed by atoms with E-state index in [1.807, 2.05) is 6.07 Å². The molecular formula is C12H17N7O2. The number of anilines is 1. The molecule has 1 amide bonds. The van der Waals surface area contributed by atoms with Gasteiger partial charge in [-0.15, -0.1) is 0 Å². The summed E-state index contributed by atoms with van der Waals surface area (Å²) in [7, 11) is 0. The Morgan fingerprint density at radius 3 is 3.05 bits per heavy atom. The van der Waals surface area contributed by atoms with Gasteiger partial charge in [0.2, 0.25) is 5.95 Å². The first-order valence-corrected chi connectivity index (χ1v) is 6.60. The van der Waals surface area contributed by atoms with Crippen LogP contribution in [0.4, 0.5) is 5.95 Å².